The summed E-state index contributed by atoms with van der Waals surface area (Å²) >= 11 is 0. The SMILES string of the molecule is O=C(O)C1(N2CC3(CCC3)C2)CCOCC1. The van der Waals surface area contributed by atoms with E-state index in [0.29, 0.717) is 31.5 Å². The largest absolute Gasteiger partial charge is 0.480 e. The monoisotopic (exact) mass is 225 g/mol. The Morgan fingerprint density at radius 2 is 1.75 bits per heavy atom. The van der Waals surface area contributed by atoms with Crippen molar-refractivity contribution in [3.05, 3.63) is 0 Å². The van der Waals surface area contributed by atoms with Crippen LogP contribution in [0.15, 0.2) is 0 Å². The molecule has 2 aliphatic heterocycles. The molecule has 1 N–H and O–H groups in total. The standard InChI is InChI=1S/C12H19NO3/c14-10(15)12(4-6-16-7-5-12)13-8-11(9-13)2-1-3-11/h1-9H2,(H,14,15). The van der Waals surface area contributed by atoms with Gasteiger partial charge >= 0.3 is 5.97 Å². The fourth-order valence-electron chi connectivity index (χ4n) is 3.43. The van der Waals surface area contributed by atoms with E-state index in [0.717, 1.165) is 13.1 Å². The average Bonchev–Trinajstić information content (AvgIpc) is 2.14. The van der Waals surface area contributed by atoms with Crippen LogP contribution in [0.2, 0.25) is 0 Å². The molecule has 0 atom stereocenters. The van der Waals surface area contributed by atoms with Gasteiger partial charge in [-0.15, -0.1) is 0 Å². The van der Waals surface area contributed by atoms with Crippen molar-refractivity contribution in [1.82, 2.24) is 4.90 Å². The Morgan fingerprint density at radius 3 is 2.19 bits per heavy atom. The van der Waals surface area contributed by atoms with E-state index in [1.54, 1.807) is 0 Å². The third-order valence-electron chi connectivity index (χ3n) is 4.79. The molecule has 0 bridgehead atoms. The van der Waals surface area contributed by atoms with Crippen molar-refractivity contribution in [3.63, 3.8) is 0 Å². The minimum absolute atomic E-state index is 0.501. The van der Waals surface area contributed by atoms with Gasteiger partial charge in [-0.2, -0.15) is 0 Å². The van der Waals surface area contributed by atoms with E-state index >= 15 is 0 Å². The molecule has 4 heteroatoms. The topological polar surface area (TPSA) is 49.8 Å². The smallest absolute Gasteiger partial charge is 0.324 e. The summed E-state index contributed by atoms with van der Waals surface area (Å²) in [6, 6.07) is 0. The number of aliphatic carboxylic acids is 1. The van der Waals surface area contributed by atoms with Crippen molar-refractivity contribution in [2.45, 2.75) is 37.6 Å². The maximum Gasteiger partial charge on any atom is 0.324 e. The van der Waals surface area contributed by atoms with Gasteiger partial charge in [-0.25, -0.2) is 0 Å². The highest BCUT2D eigenvalue weighted by Gasteiger charge is 2.57. The third-order valence-corrected chi connectivity index (χ3v) is 4.79. The van der Waals surface area contributed by atoms with Crippen LogP contribution in [0.5, 0.6) is 0 Å². The second kappa shape index (κ2) is 3.44. The molecule has 1 saturated carbocycles. The second-order valence-electron chi connectivity index (χ2n) is 5.66. The predicted octanol–water partition coefficient (Wildman–Crippen LogP) is 1.11. The van der Waals surface area contributed by atoms with Gasteiger partial charge in [-0.3, -0.25) is 9.69 Å². The lowest BCUT2D eigenvalue weighted by Gasteiger charge is -2.61. The van der Waals surface area contributed by atoms with Crippen molar-refractivity contribution < 1.29 is 14.6 Å². The molecular formula is C12H19NO3. The summed E-state index contributed by atoms with van der Waals surface area (Å²) in [5, 5.41) is 9.49. The Hall–Kier alpha value is -0.610. The molecule has 1 spiro atoms. The van der Waals surface area contributed by atoms with Gasteiger partial charge in [-0.05, 0) is 31.1 Å². The minimum Gasteiger partial charge on any atom is -0.480 e. The second-order valence-corrected chi connectivity index (χ2v) is 5.66. The van der Waals surface area contributed by atoms with Crippen LogP contribution in [0.25, 0.3) is 0 Å². The summed E-state index contributed by atoms with van der Waals surface area (Å²) in [6.07, 6.45) is 5.24. The van der Waals surface area contributed by atoms with Crippen LogP contribution in [0.4, 0.5) is 0 Å². The molecule has 2 saturated heterocycles. The zero-order valence-electron chi connectivity index (χ0n) is 9.57. The zero-order valence-corrected chi connectivity index (χ0v) is 9.57. The maximum absolute atomic E-state index is 11.5. The molecule has 0 aromatic heterocycles. The molecule has 2 heterocycles. The number of carbonyl (C=O) groups is 1. The average molecular weight is 225 g/mol. The zero-order chi connectivity index (χ0) is 11.2. The van der Waals surface area contributed by atoms with Gasteiger partial charge in [0.1, 0.15) is 5.54 Å². The molecule has 1 aliphatic carbocycles. The first kappa shape index (κ1) is 10.5. The molecule has 0 aromatic rings. The Kier molecular flexibility index (Phi) is 2.27. The Morgan fingerprint density at radius 1 is 1.12 bits per heavy atom. The molecule has 3 rings (SSSR count). The molecule has 90 valence electrons. The van der Waals surface area contributed by atoms with Crippen molar-refractivity contribution in [1.29, 1.82) is 0 Å². The van der Waals surface area contributed by atoms with Crippen LogP contribution in [0, 0.1) is 5.41 Å². The van der Waals surface area contributed by atoms with Gasteiger partial charge in [0.15, 0.2) is 0 Å². The first-order chi connectivity index (χ1) is 7.67. The van der Waals surface area contributed by atoms with Crippen LogP contribution < -0.4 is 0 Å². The van der Waals surface area contributed by atoms with Gasteiger partial charge < -0.3 is 9.84 Å². The van der Waals surface area contributed by atoms with Crippen LogP contribution >= 0.6 is 0 Å². The van der Waals surface area contributed by atoms with Crippen LogP contribution in [-0.2, 0) is 9.53 Å². The first-order valence-corrected chi connectivity index (χ1v) is 6.23. The van der Waals surface area contributed by atoms with E-state index in [4.69, 9.17) is 4.74 Å². The highest BCUT2D eigenvalue weighted by Crippen LogP contribution is 2.51. The van der Waals surface area contributed by atoms with E-state index in [1.807, 2.05) is 0 Å². The summed E-state index contributed by atoms with van der Waals surface area (Å²) in [5.41, 5.74) is -0.111. The Bertz CT molecular complexity index is 297. The van der Waals surface area contributed by atoms with Gasteiger partial charge in [0.25, 0.3) is 0 Å². The van der Waals surface area contributed by atoms with Gasteiger partial charge in [-0.1, -0.05) is 6.42 Å². The Balaban J connectivity index is 1.72. The third kappa shape index (κ3) is 1.32. The molecular weight excluding hydrogens is 206 g/mol. The highest BCUT2D eigenvalue weighted by molar-refractivity contribution is 5.79. The molecule has 0 aromatic carbocycles. The van der Waals surface area contributed by atoms with Gasteiger partial charge in [0.05, 0.1) is 0 Å². The van der Waals surface area contributed by atoms with Gasteiger partial charge in [0, 0.05) is 26.3 Å². The molecule has 0 amide bonds. The first-order valence-electron chi connectivity index (χ1n) is 6.23. The number of ether oxygens (including phenoxy) is 1. The van der Waals surface area contributed by atoms with Crippen molar-refractivity contribution in [3.8, 4) is 0 Å². The summed E-state index contributed by atoms with van der Waals surface area (Å²) in [7, 11) is 0. The number of hydrogen-bond acceptors (Lipinski definition) is 3. The summed E-state index contributed by atoms with van der Waals surface area (Å²) in [5.74, 6) is -0.648. The molecule has 16 heavy (non-hydrogen) atoms. The van der Waals surface area contributed by atoms with E-state index in [-0.39, 0.29) is 0 Å². The van der Waals surface area contributed by atoms with Crippen LogP contribution in [-0.4, -0.2) is 47.8 Å². The van der Waals surface area contributed by atoms with E-state index in [2.05, 4.69) is 4.90 Å². The highest BCUT2D eigenvalue weighted by atomic mass is 16.5. The number of carboxylic acids is 1. The normalized spacial score (nSPS) is 31.8. The number of rotatable bonds is 2. The van der Waals surface area contributed by atoms with Crippen molar-refractivity contribution in [2.24, 2.45) is 5.41 Å². The van der Waals surface area contributed by atoms with Crippen molar-refractivity contribution >= 4 is 5.97 Å². The fraction of sp³-hybridized carbons (Fsp3) is 0.917. The number of carboxylic acid groups (broad SMARTS) is 1. The Labute approximate surface area is 95.6 Å². The summed E-state index contributed by atoms with van der Waals surface area (Å²) < 4.78 is 5.30. The number of hydrogen-bond donors (Lipinski definition) is 1. The lowest BCUT2D eigenvalue weighted by Crippen LogP contribution is -2.70. The molecule has 4 nitrogen and oxygen atoms in total. The van der Waals surface area contributed by atoms with E-state index < -0.39 is 11.5 Å². The molecule has 0 unspecified atom stereocenters. The lowest BCUT2D eigenvalue weighted by atomic mass is 9.61. The molecule has 3 fully saturated rings. The lowest BCUT2D eigenvalue weighted by molar-refractivity contribution is -0.182. The minimum atomic E-state index is -0.648. The molecule has 0 radical (unpaired) electrons. The van der Waals surface area contributed by atoms with E-state index in [1.165, 1.54) is 19.3 Å². The summed E-state index contributed by atoms with van der Waals surface area (Å²) in [6.45, 7) is 3.18. The van der Waals surface area contributed by atoms with Crippen molar-refractivity contribution in [2.75, 3.05) is 26.3 Å². The van der Waals surface area contributed by atoms with Crippen LogP contribution in [0.3, 0.4) is 0 Å². The fourth-order valence-corrected chi connectivity index (χ4v) is 3.43. The molecule has 3 aliphatic rings. The summed E-state index contributed by atoms with van der Waals surface area (Å²) in [4.78, 5) is 13.7. The number of nitrogens with zero attached hydrogens (tertiary/aromatic N) is 1. The van der Waals surface area contributed by atoms with E-state index in [9.17, 15) is 9.90 Å². The number of likely N-dealkylation sites (tertiary alicyclic amines) is 1. The van der Waals surface area contributed by atoms with Crippen LogP contribution in [0.1, 0.15) is 32.1 Å². The quantitative estimate of drug-likeness (QED) is 0.764. The van der Waals surface area contributed by atoms with Gasteiger partial charge in [0.2, 0.25) is 0 Å². The predicted molar refractivity (Wildman–Crippen MR) is 58.3 cm³/mol. The maximum atomic E-state index is 11.5.